The number of carbonyl (C=O) groups excluding carboxylic acids is 3. The molecule has 28 heavy (non-hydrogen) atoms. The fourth-order valence-corrected chi connectivity index (χ4v) is 4.93. The SMILES string of the molecule is Cc1cc(O)c2c(c1)C(=O)C1=C(C2=O)C2(O)CC1C(=O)c1c(O)cc(C)cc12. The molecule has 2 unspecified atom stereocenters. The summed E-state index contributed by atoms with van der Waals surface area (Å²) in [6.07, 6.45) is -0.127. The summed E-state index contributed by atoms with van der Waals surface area (Å²) in [5, 5.41) is 32.2. The summed E-state index contributed by atoms with van der Waals surface area (Å²) in [5.41, 5.74) is -0.877. The number of ketones is 3. The molecular formula is C22H16O6. The van der Waals surface area contributed by atoms with Crippen LogP contribution in [0.4, 0.5) is 0 Å². The molecule has 0 spiro atoms. The number of hydrogen-bond donors (Lipinski definition) is 3. The van der Waals surface area contributed by atoms with Crippen molar-refractivity contribution in [2.24, 2.45) is 5.92 Å². The molecule has 0 heterocycles. The van der Waals surface area contributed by atoms with Crippen molar-refractivity contribution < 1.29 is 29.7 Å². The monoisotopic (exact) mass is 376 g/mol. The van der Waals surface area contributed by atoms with Crippen molar-refractivity contribution in [2.45, 2.75) is 25.9 Å². The lowest BCUT2D eigenvalue weighted by Crippen LogP contribution is -2.36. The van der Waals surface area contributed by atoms with Gasteiger partial charge in [-0.25, -0.2) is 0 Å². The Morgan fingerprint density at radius 3 is 2.18 bits per heavy atom. The number of rotatable bonds is 0. The Kier molecular flexibility index (Phi) is 3.00. The van der Waals surface area contributed by atoms with Crippen LogP contribution in [0.1, 0.15) is 54.2 Å². The van der Waals surface area contributed by atoms with E-state index in [9.17, 15) is 29.7 Å². The van der Waals surface area contributed by atoms with Crippen LogP contribution in [0, 0.1) is 19.8 Å². The number of aryl methyl sites for hydroxylation is 2. The zero-order valence-corrected chi connectivity index (χ0v) is 15.2. The van der Waals surface area contributed by atoms with Gasteiger partial charge in [-0.15, -0.1) is 0 Å². The molecule has 0 amide bonds. The zero-order valence-electron chi connectivity index (χ0n) is 15.2. The molecule has 2 atom stereocenters. The largest absolute Gasteiger partial charge is 0.507 e. The van der Waals surface area contributed by atoms with E-state index in [0.717, 1.165) is 0 Å². The van der Waals surface area contributed by atoms with Crippen molar-refractivity contribution >= 4 is 17.3 Å². The van der Waals surface area contributed by atoms with E-state index >= 15 is 0 Å². The van der Waals surface area contributed by atoms with Crippen LogP contribution in [0.5, 0.6) is 11.5 Å². The quantitative estimate of drug-likeness (QED) is 0.651. The molecule has 2 aromatic carbocycles. The molecule has 0 aromatic heterocycles. The molecular weight excluding hydrogens is 360 g/mol. The fourth-order valence-electron chi connectivity index (χ4n) is 4.93. The Morgan fingerprint density at radius 1 is 0.893 bits per heavy atom. The normalized spacial score (nSPS) is 25.0. The van der Waals surface area contributed by atoms with Gasteiger partial charge >= 0.3 is 0 Å². The van der Waals surface area contributed by atoms with Crippen LogP contribution in [-0.4, -0.2) is 32.7 Å². The van der Waals surface area contributed by atoms with Crippen molar-refractivity contribution in [1.82, 2.24) is 0 Å². The maximum Gasteiger partial charge on any atom is 0.197 e. The summed E-state index contributed by atoms with van der Waals surface area (Å²) in [7, 11) is 0. The number of benzene rings is 2. The minimum atomic E-state index is -1.87. The second kappa shape index (κ2) is 4.97. The third-order valence-electron chi connectivity index (χ3n) is 6.01. The van der Waals surface area contributed by atoms with Crippen molar-refractivity contribution in [2.75, 3.05) is 0 Å². The van der Waals surface area contributed by atoms with Gasteiger partial charge in [-0.3, -0.25) is 14.4 Å². The molecule has 0 saturated carbocycles. The highest BCUT2D eigenvalue weighted by atomic mass is 16.3. The lowest BCUT2D eigenvalue weighted by molar-refractivity contribution is 0.0485. The van der Waals surface area contributed by atoms with Gasteiger partial charge in [0, 0.05) is 22.3 Å². The average Bonchev–Trinajstić information content (AvgIpc) is 2.89. The summed E-state index contributed by atoms with van der Waals surface area (Å²) in [4.78, 5) is 39.6. The van der Waals surface area contributed by atoms with Crippen LogP contribution in [0.3, 0.4) is 0 Å². The second-order valence-electron chi connectivity index (χ2n) is 7.84. The second-order valence-corrected chi connectivity index (χ2v) is 7.84. The van der Waals surface area contributed by atoms with Crippen LogP contribution in [0.25, 0.3) is 0 Å². The molecule has 0 fully saturated rings. The van der Waals surface area contributed by atoms with Crippen LogP contribution in [-0.2, 0) is 5.60 Å². The average molecular weight is 376 g/mol. The van der Waals surface area contributed by atoms with Crippen molar-refractivity contribution in [3.8, 4) is 11.5 Å². The van der Waals surface area contributed by atoms with Crippen molar-refractivity contribution in [1.29, 1.82) is 0 Å². The predicted octanol–water partition coefficient (Wildman–Crippen LogP) is 2.49. The van der Waals surface area contributed by atoms with E-state index in [1.807, 2.05) is 0 Å². The van der Waals surface area contributed by atoms with Crippen LogP contribution >= 0.6 is 0 Å². The van der Waals surface area contributed by atoms with E-state index in [1.54, 1.807) is 19.9 Å². The van der Waals surface area contributed by atoms with E-state index in [2.05, 4.69) is 0 Å². The van der Waals surface area contributed by atoms with Gasteiger partial charge in [-0.1, -0.05) is 6.07 Å². The predicted molar refractivity (Wildman–Crippen MR) is 97.7 cm³/mol. The van der Waals surface area contributed by atoms with E-state index in [-0.39, 0.29) is 51.3 Å². The van der Waals surface area contributed by atoms with Crippen molar-refractivity contribution in [3.05, 3.63) is 68.8 Å². The molecule has 3 aliphatic carbocycles. The summed E-state index contributed by atoms with van der Waals surface area (Å²) in [6.45, 7) is 3.38. The molecule has 5 rings (SSSR count). The minimum absolute atomic E-state index is 0.0248. The smallest absolute Gasteiger partial charge is 0.197 e. The van der Waals surface area contributed by atoms with E-state index < -0.39 is 28.9 Å². The van der Waals surface area contributed by atoms with Crippen LogP contribution in [0.2, 0.25) is 0 Å². The number of allylic oxidation sites excluding steroid dienone is 1. The van der Waals surface area contributed by atoms with Gasteiger partial charge in [0.05, 0.1) is 17.0 Å². The van der Waals surface area contributed by atoms with Gasteiger partial charge in [-0.2, -0.15) is 0 Å². The summed E-state index contributed by atoms with van der Waals surface area (Å²) < 4.78 is 0. The third kappa shape index (κ3) is 1.78. The van der Waals surface area contributed by atoms with Gasteiger partial charge in [0.15, 0.2) is 17.3 Å². The van der Waals surface area contributed by atoms with Gasteiger partial charge < -0.3 is 15.3 Å². The van der Waals surface area contributed by atoms with Gasteiger partial charge in [0.2, 0.25) is 0 Å². The molecule has 3 N–H and O–H groups in total. The number of hydrogen-bond acceptors (Lipinski definition) is 6. The molecule has 6 nitrogen and oxygen atoms in total. The summed E-state index contributed by atoms with van der Waals surface area (Å²) in [6, 6.07) is 5.86. The number of phenols is 2. The molecule has 0 aliphatic heterocycles. The minimum Gasteiger partial charge on any atom is -0.507 e. The lowest BCUT2D eigenvalue weighted by Gasteiger charge is -2.33. The highest BCUT2D eigenvalue weighted by molar-refractivity contribution is 6.32. The Balaban J connectivity index is 1.85. The maximum atomic E-state index is 13.3. The third-order valence-corrected chi connectivity index (χ3v) is 6.01. The van der Waals surface area contributed by atoms with Crippen LogP contribution < -0.4 is 0 Å². The highest BCUT2D eigenvalue weighted by Gasteiger charge is 2.60. The number of Topliss-reactive ketones (excluding diaryl/α,β-unsaturated/α-hetero) is 3. The molecule has 3 aliphatic rings. The summed E-state index contributed by atoms with van der Waals surface area (Å²) >= 11 is 0. The topological polar surface area (TPSA) is 112 Å². The standard InChI is InChI=1S/C22H16O6/c1-8-3-10-15(13(23)5-8)21(27)18-16(19(10)25)11-7-22(18,28)12-4-9(2)6-14(24)17(12)20(11)26/h3-6,11,23-24,28H,7H2,1-2H3. The number of aliphatic hydroxyl groups is 1. The summed E-state index contributed by atoms with van der Waals surface area (Å²) in [5.74, 6) is -3.30. The molecule has 0 saturated heterocycles. The Morgan fingerprint density at radius 2 is 1.50 bits per heavy atom. The number of carbonyl (C=O) groups is 3. The van der Waals surface area contributed by atoms with E-state index in [0.29, 0.717) is 11.1 Å². The lowest BCUT2D eigenvalue weighted by atomic mass is 9.74. The van der Waals surface area contributed by atoms with E-state index in [4.69, 9.17) is 0 Å². The molecule has 2 aromatic rings. The Hall–Kier alpha value is -3.25. The first kappa shape index (κ1) is 16.9. The number of fused-ring (bicyclic) bond motifs is 7. The molecule has 0 radical (unpaired) electrons. The molecule has 140 valence electrons. The molecule has 2 bridgehead atoms. The number of phenolic OH excluding ortho intramolecular Hbond substituents is 2. The zero-order chi connectivity index (χ0) is 20.1. The van der Waals surface area contributed by atoms with Gasteiger partial charge in [0.1, 0.15) is 17.1 Å². The van der Waals surface area contributed by atoms with E-state index in [1.165, 1.54) is 18.2 Å². The van der Waals surface area contributed by atoms with Crippen molar-refractivity contribution in [3.63, 3.8) is 0 Å². The first-order valence-corrected chi connectivity index (χ1v) is 8.93. The van der Waals surface area contributed by atoms with Gasteiger partial charge in [-0.05, 0) is 49.6 Å². The van der Waals surface area contributed by atoms with Crippen LogP contribution in [0.15, 0.2) is 35.4 Å². The first-order valence-electron chi connectivity index (χ1n) is 8.93. The maximum absolute atomic E-state index is 13.3. The first-order chi connectivity index (χ1) is 13.1. The highest BCUT2D eigenvalue weighted by Crippen LogP contribution is 2.57. The van der Waals surface area contributed by atoms with Gasteiger partial charge in [0.25, 0.3) is 0 Å². The molecule has 6 heteroatoms. The fraction of sp³-hybridized carbons (Fsp3) is 0.227. The Bertz CT molecular complexity index is 1200. The Labute approximate surface area is 159 Å². The number of aromatic hydroxyl groups is 2.